The van der Waals surface area contributed by atoms with Crippen LogP contribution in [0, 0.1) is 0 Å². The normalized spacial score (nSPS) is 15.6. The number of carboxylic acid groups (broad SMARTS) is 3. The fourth-order valence-corrected chi connectivity index (χ4v) is 11.5. The molecule has 0 aromatic heterocycles. The van der Waals surface area contributed by atoms with Crippen LogP contribution in [0.2, 0.25) is 0 Å². The first-order valence-corrected chi connectivity index (χ1v) is 20.9. The summed E-state index contributed by atoms with van der Waals surface area (Å²) in [6, 6.07) is 33.7. The molecule has 1 heterocycles. The van der Waals surface area contributed by atoms with Gasteiger partial charge in [0.1, 0.15) is 40.4 Å². The van der Waals surface area contributed by atoms with E-state index in [1.807, 2.05) is 46.2 Å². The highest BCUT2D eigenvalue weighted by molar-refractivity contribution is 7.95. The molecule has 0 saturated carbocycles. The Hall–Kier alpha value is -5.04. The quantitative estimate of drug-likeness (QED) is 0.143. The third-order valence-corrected chi connectivity index (χ3v) is 14.8. The van der Waals surface area contributed by atoms with Crippen LogP contribution in [-0.2, 0) is 27.1 Å². The van der Waals surface area contributed by atoms with Crippen molar-refractivity contribution in [2.45, 2.75) is 12.7 Å². The van der Waals surface area contributed by atoms with Gasteiger partial charge in [-0.25, -0.2) is 0 Å². The number of ether oxygens (including phenoxy) is 3. The fraction of sp³-hybridized carbons (Fsp3) is 0.372. The molecule has 0 unspecified atom stereocenters. The third kappa shape index (κ3) is 12.2. The summed E-state index contributed by atoms with van der Waals surface area (Å²) >= 11 is 0. The maximum Gasteiger partial charge on any atom is 0.317 e. The molecule has 1 aliphatic rings. The van der Waals surface area contributed by atoms with E-state index < -0.39 is 25.2 Å². The highest BCUT2D eigenvalue weighted by atomic mass is 31.2. The molecule has 1 aliphatic heterocycles. The summed E-state index contributed by atoms with van der Waals surface area (Å²) in [7, 11) is 2.69. The van der Waals surface area contributed by atoms with E-state index in [-0.39, 0.29) is 19.6 Å². The summed E-state index contributed by atoms with van der Waals surface area (Å²) in [5.41, 5.74) is 2.24. The van der Waals surface area contributed by atoms with Gasteiger partial charge in [0.2, 0.25) is 0 Å². The zero-order valence-electron chi connectivity index (χ0n) is 33.0. The van der Waals surface area contributed by atoms with Crippen molar-refractivity contribution in [3.63, 3.8) is 0 Å². The molecular weight excluding hydrogens is 747 g/mol. The zero-order valence-corrected chi connectivity index (χ0v) is 33.9. The number of rotatable bonds is 16. The Morgan fingerprint density at radius 2 is 0.737 bits per heavy atom. The molecule has 5 rings (SSSR count). The molecule has 57 heavy (non-hydrogen) atoms. The van der Waals surface area contributed by atoms with E-state index >= 15 is 0 Å². The van der Waals surface area contributed by atoms with Crippen LogP contribution in [0.15, 0.2) is 97.1 Å². The number of carboxylic acids is 3. The van der Waals surface area contributed by atoms with Crippen molar-refractivity contribution in [2.24, 2.45) is 0 Å². The van der Waals surface area contributed by atoms with Crippen molar-refractivity contribution in [2.75, 3.05) is 93.3 Å². The van der Waals surface area contributed by atoms with Crippen molar-refractivity contribution in [1.29, 1.82) is 0 Å². The third-order valence-electron chi connectivity index (χ3n) is 10.4. The van der Waals surface area contributed by atoms with Crippen molar-refractivity contribution in [3.05, 3.63) is 108 Å². The van der Waals surface area contributed by atoms with Crippen molar-refractivity contribution in [3.8, 4) is 17.2 Å². The summed E-state index contributed by atoms with van der Waals surface area (Å²) in [6.45, 7) is 3.57. The molecular formula is C43H54N4O9P+. The summed E-state index contributed by atoms with van der Waals surface area (Å²) in [4.78, 5) is 42.7. The molecule has 14 heteroatoms. The molecule has 0 atom stereocenters. The number of carbonyl (C=O) groups is 3. The van der Waals surface area contributed by atoms with Gasteiger partial charge < -0.3 is 29.5 Å². The van der Waals surface area contributed by atoms with Crippen LogP contribution < -0.4 is 30.1 Å². The molecule has 0 bridgehead atoms. The minimum atomic E-state index is -2.31. The maximum absolute atomic E-state index is 11.8. The van der Waals surface area contributed by atoms with Crippen LogP contribution in [0.25, 0.3) is 0 Å². The van der Waals surface area contributed by atoms with E-state index in [0.717, 1.165) is 34.5 Å². The Morgan fingerprint density at radius 1 is 0.456 bits per heavy atom. The Bertz CT molecular complexity index is 1750. The number of methoxy groups -OCH3 is 3. The number of aliphatic carboxylic acids is 3. The lowest BCUT2D eigenvalue weighted by atomic mass is 10.1. The van der Waals surface area contributed by atoms with Crippen LogP contribution in [-0.4, -0.2) is 146 Å². The topological polar surface area (TPSA) is 153 Å². The monoisotopic (exact) mass is 801 g/mol. The van der Waals surface area contributed by atoms with E-state index in [2.05, 4.69) is 65.6 Å². The summed E-state index contributed by atoms with van der Waals surface area (Å²) < 4.78 is 16.6. The van der Waals surface area contributed by atoms with Crippen LogP contribution in [0.5, 0.6) is 17.2 Å². The minimum absolute atomic E-state index is 0.157. The standard InChI is InChI=1S/C43H53N4O9P/c1-54-35-8-14-38(15-9-35)57(39-16-10-36(55-2)11-17-39,40-18-12-37(56-3)13-19-40)32-34-6-4-33(5-7-34)28-44-20-22-45(29-41(48)49)24-26-47(31-43(52)53)27-25-46(23-21-44)30-42(50)51/h4-19H,20-32H2,1-3H3,(H2-,48,49,50,51,52,53)/p+1. The number of nitrogens with zero attached hydrogens (tertiary/aromatic N) is 4. The van der Waals surface area contributed by atoms with Crippen LogP contribution in [0.3, 0.4) is 0 Å². The molecule has 4 aromatic rings. The van der Waals surface area contributed by atoms with Gasteiger partial charge in [-0.15, -0.1) is 0 Å². The van der Waals surface area contributed by atoms with Gasteiger partial charge in [0.25, 0.3) is 0 Å². The van der Waals surface area contributed by atoms with E-state index in [1.54, 1.807) is 26.2 Å². The molecule has 13 nitrogen and oxygen atoms in total. The van der Waals surface area contributed by atoms with E-state index in [9.17, 15) is 29.7 Å². The van der Waals surface area contributed by atoms with Crippen LogP contribution >= 0.6 is 7.26 Å². The zero-order chi connectivity index (χ0) is 40.8. The van der Waals surface area contributed by atoms with Crippen molar-refractivity contribution < 1.29 is 43.9 Å². The fourth-order valence-electron chi connectivity index (χ4n) is 7.30. The molecule has 3 N–H and O–H groups in total. The lowest BCUT2D eigenvalue weighted by molar-refractivity contribution is -0.140. The SMILES string of the molecule is COc1ccc([P+](Cc2ccc(CN3CCN(CC(=O)O)CCN(CC(=O)O)CCN(CC(=O)O)CC3)cc2)(c2ccc(OC)cc2)c2ccc(OC)cc2)cc1. The Balaban J connectivity index is 1.45. The highest BCUT2D eigenvalue weighted by Gasteiger charge is 2.45. The predicted octanol–water partition coefficient (Wildman–Crippen LogP) is 3.18. The molecule has 1 fully saturated rings. The smallest absolute Gasteiger partial charge is 0.317 e. The predicted molar refractivity (Wildman–Crippen MR) is 222 cm³/mol. The second-order valence-corrected chi connectivity index (χ2v) is 17.6. The molecule has 0 aliphatic carbocycles. The van der Waals surface area contributed by atoms with Crippen molar-refractivity contribution >= 4 is 41.1 Å². The van der Waals surface area contributed by atoms with Crippen LogP contribution in [0.4, 0.5) is 0 Å². The minimum Gasteiger partial charge on any atom is -0.497 e. The largest absolute Gasteiger partial charge is 0.497 e. The van der Waals surface area contributed by atoms with E-state index in [0.29, 0.717) is 58.9 Å². The van der Waals surface area contributed by atoms with Gasteiger partial charge >= 0.3 is 17.9 Å². The Morgan fingerprint density at radius 3 is 1.02 bits per heavy atom. The second kappa shape index (κ2) is 20.9. The lowest BCUT2D eigenvalue weighted by Crippen LogP contribution is -2.48. The molecule has 304 valence electrons. The maximum atomic E-state index is 11.8. The molecule has 0 radical (unpaired) electrons. The number of hydrogen-bond acceptors (Lipinski definition) is 10. The first-order valence-electron chi connectivity index (χ1n) is 19.0. The average Bonchev–Trinajstić information content (AvgIpc) is 3.21. The molecule has 1 saturated heterocycles. The molecule has 4 aromatic carbocycles. The van der Waals surface area contributed by atoms with Gasteiger partial charge in [-0.3, -0.25) is 34.0 Å². The molecule has 0 spiro atoms. The van der Waals surface area contributed by atoms with Gasteiger partial charge in [-0.2, -0.15) is 0 Å². The summed E-state index contributed by atoms with van der Waals surface area (Å²) in [6.07, 6.45) is 0.745. The first kappa shape index (κ1) is 43.1. The van der Waals surface area contributed by atoms with Crippen LogP contribution in [0.1, 0.15) is 11.1 Å². The first-order chi connectivity index (χ1) is 27.5. The average molecular weight is 802 g/mol. The van der Waals surface area contributed by atoms with Gasteiger partial charge in [-0.05, 0) is 83.9 Å². The summed E-state index contributed by atoms with van der Waals surface area (Å²) in [5.74, 6) is -0.526. The van der Waals surface area contributed by atoms with E-state index in [4.69, 9.17) is 14.2 Å². The summed E-state index contributed by atoms with van der Waals surface area (Å²) in [5, 5.41) is 32.3. The molecule has 0 amide bonds. The van der Waals surface area contributed by atoms with Crippen molar-refractivity contribution in [1.82, 2.24) is 19.6 Å². The lowest BCUT2D eigenvalue weighted by Gasteiger charge is -2.33. The number of benzene rings is 4. The number of hydrogen-bond donors (Lipinski definition) is 3. The Labute approximate surface area is 335 Å². The van der Waals surface area contributed by atoms with Gasteiger partial charge in [0, 0.05) is 58.9 Å². The Kier molecular flexibility index (Phi) is 15.8. The van der Waals surface area contributed by atoms with E-state index in [1.165, 1.54) is 15.9 Å². The second-order valence-electron chi connectivity index (χ2n) is 14.2. The van der Waals surface area contributed by atoms with Gasteiger partial charge in [-0.1, -0.05) is 24.3 Å². The van der Waals surface area contributed by atoms with Gasteiger partial charge in [0.15, 0.2) is 0 Å². The highest BCUT2D eigenvalue weighted by Crippen LogP contribution is 2.58. The van der Waals surface area contributed by atoms with Gasteiger partial charge in [0.05, 0.1) is 47.1 Å².